The maximum Gasteiger partial charge on any atom is 0.330 e. The van der Waals surface area contributed by atoms with E-state index in [2.05, 4.69) is 4.74 Å². The van der Waals surface area contributed by atoms with Crippen LogP contribution in [0.2, 0.25) is 0 Å². The number of ether oxygens (including phenoxy) is 1. The second-order valence-electron chi connectivity index (χ2n) is 2.54. The Morgan fingerprint density at radius 3 is 2.36 bits per heavy atom. The van der Waals surface area contributed by atoms with Crippen LogP contribution < -0.4 is 11.5 Å². The molecule has 0 bridgehead atoms. The van der Waals surface area contributed by atoms with Crippen molar-refractivity contribution in [3.8, 4) is 0 Å². The number of hydrogen-bond acceptors (Lipinski definition) is 6. The molecule has 0 aliphatic heterocycles. The first-order valence-corrected chi connectivity index (χ1v) is 3.89. The van der Waals surface area contributed by atoms with E-state index in [4.69, 9.17) is 16.6 Å². The Morgan fingerprint density at radius 1 is 1.36 bits per heavy atom. The van der Waals surface area contributed by atoms with Crippen molar-refractivity contribution in [2.24, 2.45) is 11.5 Å². The standard InChI is InChI=1S/C7H12N2O5/c8-3-6(12)14-7(13)4(9)1-2-5(10)11/h4H,1-3,8-9H2,(H,10,11)/t4-/m0/s1. The summed E-state index contributed by atoms with van der Waals surface area (Å²) >= 11 is 0. The lowest BCUT2D eigenvalue weighted by Crippen LogP contribution is -2.35. The molecular formula is C7H12N2O5. The van der Waals surface area contributed by atoms with Crippen LogP contribution in [0.25, 0.3) is 0 Å². The van der Waals surface area contributed by atoms with E-state index >= 15 is 0 Å². The molecule has 0 aliphatic carbocycles. The number of hydrogen-bond donors (Lipinski definition) is 3. The highest BCUT2D eigenvalue weighted by Crippen LogP contribution is 1.97. The summed E-state index contributed by atoms with van der Waals surface area (Å²) in [7, 11) is 0. The van der Waals surface area contributed by atoms with Gasteiger partial charge in [0.1, 0.15) is 6.04 Å². The smallest absolute Gasteiger partial charge is 0.330 e. The lowest BCUT2D eigenvalue weighted by molar-refractivity contribution is -0.159. The average molecular weight is 204 g/mol. The van der Waals surface area contributed by atoms with Crippen molar-refractivity contribution in [1.82, 2.24) is 0 Å². The summed E-state index contributed by atoms with van der Waals surface area (Å²) in [4.78, 5) is 31.5. The summed E-state index contributed by atoms with van der Waals surface area (Å²) < 4.78 is 4.17. The van der Waals surface area contributed by atoms with E-state index in [1.54, 1.807) is 0 Å². The summed E-state index contributed by atoms with van der Waals surface area (Å²) in [6.45, 7) is -0.419. The molecule has 0 rings (SSSR count). The molecule has 7 nitrogen and oxygen atoms in total. The molecule has 0 fully saturated rings. The SMILES string of the molecule is NCC(=O)OC(=O)[C@@H](N)CCC(=O)O. The Bertz CT molecular complexity index is 240. The fourth-order valence-electron chi connectivity index (χ4n) is 0.626. The molecule has 7 heteroatoms. The molecule has 0 spiro atoms. The summed E-state index contributed by atoms with van der Waals surface area (Å²) in [6, 6.07) is -1.11. The van der Waals surface area contributed by atoms with Gasteiger partial charge in [0, 0.05) is 6.42 Å². The maximum atomic E-state index is 10.9. The third kappa shape index (κ3) is 5.22. The molecule has 14 heavy (non-hydrogen) atoms. The van der Waals surface area contributed by atoms with Gasteiger partial charge in [-0.1, -0.05) is 0 Å². The zero-order valence-corrected chi connectivity index (χ0v) is 7.43. The van der Waals surface area contributed by atoms with Crippen LogP contribution in [0, 0.1) is 0 Å². The van der Waals surface area contributed by atoms with Gasteiger partial charge in [-0.25, -0.2) is 4.79 Å². The number of carbonyl (C=O) groups excluding carboxylic acids is 2. The summed E-state index contributed by atoms with van der Waals surface area (Å²) in [5, 5.41) is 8.28. The van der Waals surface area contributed by atoms with E-state index in [9.17, 15) is 14.4 Å². The molecule has 0 radical (unpaired) electrons. The third-order valence-corrected chi connectivity index (χ3v) is 1.35. The quantitative estimate of drug-likeness (QED) is 0.355. The van der Waals surface area contributed by atoms with Crippen LogP contribution in [0.5, 0.6) is 0 Å². The average Bonchev–Trinajstić information content (AvgIpc) is 2.13. The van der Waals surface area contributed by atoms with E-state index in [0.717, 1.165) is 0 Å². The number of aliphatic carboxylic acids is 1. The molecule has 1 atom stereocenters. The second kappa shape index (κ2) is 6.06. The maximum absolute atomic E-state index is 10.9. The first-order valence-electron chi connectivity index (χ1n) is 3.89. The van der Waals surface area contributed by atoms with Crippen molar-refractivity contribution < 1.29 is 24.2 Å². The second-order valence-corrected chi connectivity index (χ2v) is 2.54. The van der Waals surface area contributed by atoms with E-state index in [1.807, 2.05) is 0 Å². The molecule has 5 N–H and O–H groups in total. The van der Waals surface area contributed by atoms with E-state index in [1.165, 1.54) is 0 Å². The zero-order valence-electron chi connectivity index (χ0n) is 7.43. The van der Waals surface area contributed by atoms with Crippen molar-refractivity contribution in [1.29, 1.82) is 0 Å². The normalized spacial score (nSPS) is 11.9. The van der Waals surface area contributed by atoms with Gasteiger partial charge >= 0.3 is 17.9 Å². The Morgan fingerprint density at radius 2 is 1.93 bits per heavy atom. The van der Waals surface area contributed by atoms with Gasteiger partial charge in [0.15, 0.2) is 0 Å². The molecule has 0 aromatic heterocycles. The molecule has 0 saturated heterocycles. The molecule has 0 saturated carbocycles. The Labute approximate surface area is 80.0 Å². The van der Waals surface area contributed by atoms with Crippen LogP contribution in [0.15, 0.2) is 0 Å². The molecular weight excluding hydrogens is 192 g/mol. The predicted molar refractivity (Wildman–Crippen MR) is 45.0 cm³/mol. The van der Waals surface area contributed by atoms with Gasteiger partial charge in [-0.2, -0.15) is 0 Å². The monoisotopic (exact) mass is 204 g/mol. The van der Waals surface area contributed by atoms with Crippen LogP contribution in [0.1, 0.15) is 12.8 Å². The number of carbonyl (C=O) groups is 3. The van der Waals surface area contributed by atoms with E-state index in [0.29, 0.717) is 0 Å². The van der Waals surface area contributed by atoms with Crippen LogP contribution in [0.4, 0.5) is 0 Å². The van der Waals surface area contributed by atoms with Crippen molar-refractivity contribution in [3.63, 3.8) is 0 Å². The largest absolute Gasteiger partial charge is 0.481 e. The molecule has 0 amide bonds. The van der Waals surface area contributed by atoms with Gasteiger partial charge in [-0.3, -0.25) is 9.59 Å². The lowest BCUT2D eigenvalue weighted by atomic mass is 10.2. The van der Waals surface area contributed by atoms with Crippen molar-refractivity contribution in [3.05, 3.63) is 0 Å². The van der Waals surface area contributed by atoms with Crippen LogP contribution in [0.3, 0.4) is 0 Å². The summed E-state index contributed by atoms with van der Waals surface area (Å²) in [5.41, 5.74) is 10.1. The van der Waals surface area contributed by atoms with Crippen molar-refractivity contribution in [2.75, 3.05) is 6.54 Å². The molecule has 0 aromatic carbocycles. The number of rotatable bonds is 5. The molecule has 0 unspecified atom stereocenters. The number of carboxylic acid groups (broad SMARTS) is 1. The van der Waals surface area contributed by atoms with Crippen molar-refractivity contribution in [2.45, 2.75) is 18.9 Å². The topological polar surface area (TPSA) is 133 Å². The van der Waals surface area contributed by atoms with Crippen LogP contribution in [-0.2, 0) is 19.1 Å². The first-order chi connectivity index (χ1) is 6.47. The van der Waals surface area contributed by atoms with Crippen molar-refractivity contribution >= 4 is 17.9 Å². The van der Waals surface area contributed by atoms with Crippen LogP contribution in [-0.4, -0.2) is 35.6 Å². The van der Waals surface area contributed by atoms with Gasteiger partial charge in [-0.05, 0) is 6.42 Å². The molecule has 80 valence electrons. The van der Waals surface area contributed by atoms with Gasteiger partial charge in [-0.15, -0.1) is 0 Å². The van der Waals surface area contributed by atoms with Gasteiger partial charge in [0.05, 0.1) is 6.54 Å². The fraction of sp³-hybridized carbons (Fsp3) is 0.571. The highest BCUT2D eigenvalue weighted by molar-refractivity contribution is 5.89. The molecule has 0 aromatic rings. The summed E-state index contributed by atoms with van der Waals surface area (Å²) in [5.74, 6) is -2.92. The fourth-order valence-corrected chi connectivity index (χ4v) is 0.626. The minimum Gasteiger partial charge on any atom is -0.481 e. The van der Waals surface area contributed by atoms with E-state index in [-0.39, 0.29) is 12.8 Å². The first kappa shape index (κ1) is 12.5. The molecule has 0 heterocycles. The van der Waals surface area contributed by atoms with Gasteiger partial charge in [0.2, 0.25) is 0 Å². The van der Waals surface area contributed by atoms with E-state index < -0.39 is 30.5 Å². The Kier molecular flexibility index (Phi) is 5.42. The predicted octanol–water partition coefficient (Wildman–Crippen LogP) is -1.79. The van der Waals surface area contributed by atoms with Gasteiger partial charge < -0.3 is 21.3 Å². The minimum atomic E-state index is -1.11. The molecule has 0 aliphatic rings. The third-order valence-electron chi connectivity index (χ3n) is 1.35. The highest BCUT2D eigenvalue weighted by Gasteiger charge is 2.18. The van der Waals surface area contributed by atoms with Crippen LogP contribution >= 0.6 is 0 Å². The number of esters is 2. The summed E-state index contributed by atoms with van der Waals surface area (Å²) in [6.07, 6.45) is -0.334. The Hall–Kier alpha value is -1.47. The van der Waals surface area contributed by atoms with Gasteiger partial charge in [0.25, 0.3) is 0 Å². The number of carboxylic acids is 1. The lowest BCUT2D eigenvalue weighted by Gasteiger charge is -2.07. The Balaban J connectivity index is 3.87. The number of nitrogens with two attached hydrogens (primary N) is 2. The highest BCUT2D eigenvalue weighted by atomic mass is 16.6. The minimum absolute atomic E-state index is 0.0774. The zero-order chi connectivity index (χ0) is 11.1.